The summed E-state index contributed by atoms with van der Waals surface area (Å²) in [5.41, 5.74) is 0.695. The fraction of sp³-hybridized carbons (Fsp3) is 0.583. The lowest BCUT2D eigenvalue weighted by Gasteiger charge is -2.53. The minimum absolute atomic E-state index is 0.0000586. The molecular formula is C24H36FN5O2. The largest absolute Gasteiger partial charge is 0.493 e. The Morgan fingerprint density at radius 1 is 1.12 bits per heavy atom. The van der Waals surface area contributed by atoms with Gasteiger partial charge in [0.15, 0.2) is 23.1 Å². The predicted octanol–water partition coefficient (Wildman–Crippen LogP) is 5.22. The molecule has 0 atom stereocenters. The lowest BCUT2D eigenvalue weighted by Crippen LogP contribution is -2.61. The maximum Gasteiger partial charge on any atom is 0.229 e. The zero-order valence-electron chi connectivity index (χ0n) is 20.4. The molecule has 1 saturated heterocycles. The van der Waals surface area contributed by atoms with Crippen LogP contribution in [0.25, 0.3) is 0 Å². The van der Waals surface area contributed by atoms with E-state index < -0.39 is 5.82 Å². The fourth-order valence-electron chi connectivity index (χ4n) is 4.42. The molecule has 176 valence electrons. The summed E-state index contributed by atoms with van der Waals surface area (Å²) in [6.45, 7) is 12.8. The molecule has 0 spiro atoms. The molecule has 0 unspecified atom stereocenters. The van der Waals surface area contributed by atoms with Crippen molar-refractivity contribution in [3.05, 3.63) is 30.2 Å². The molecular weight excluding hydrogens is 409 g/mol. The van der Waals surface area contributed by atoms with Crippen molar-refractivity contribution in [2.45, 2.75) is 77.6 Å². The number of likely N-dealkylation sites (tertiary alicyclic amines) is 1. The van der Waals surface area contributed by atoms with Crippen LogP contribution in [0.1, 0.15) is 54.4 Å². The zero-order chi connectivity index (χ0) is 23.7. The minimum Gasteiger partial charge on any atom is -0.493 e. The fourth-order valence-corrected chi connectivity index (χ4v) is 4.42. The number of hydrogen-bond acceptors (Lipinski definition) is 7. The number of rotatable bonds is 7. The molecule has 0 bridgehead atoms. The average molecular weight is 446 g/mol. The number of nitrogens with one attached hydrogen (secondary N) is 2. The van der Waals surface area contributed by atoms with Crippen molar-refractivity contribution in [2.75, 3.05) is 24.8 Å². The quantitative estimate of drug-likeness (QED) is 0.605. The van der Waals surface area contributed by atoms with Crippen LogP contribution in [0.15, 0.2) is 24.4 Å². The molecule has 2 N–H and O–H groups in total. The highest BCUT2D eigenvalue weighted by molar-refractivity contribution is 5.60. The van der Waals surface area contributed by atoms with Gasteiger partial charge in [-0.15, -0.1) is 0 Å². The Balaban J connectivity index is 1.79. The van der Waals surface area contributed by atoms with Gasteiger partial charge in [-0.3, -0.25) is 4.90 Å². The van der Waals surface area contributed by atoms with E-state index in [0.29, 0.717) is 17.4 Å². The average Bonchev–Trinajstić information content (AvgIpc) is 2.68. The van der Waals surface area contributed by atoms with Gasteiger partial charge in [-0.05, 0) is 73.6 Å². The summed E-state index contributed by atoms with van der Waals surface area (Å²) in [6, 6.07) is 5.57. The number of piperidine rings is 1. The van der Waals surface area contributed by atoms with Crippen LogP contribution in [0.4, 0.5) is 21.8 Å². The SMILES string of the molecule is COc1ccc(Nc2ncc(F)c(NC3CC(C)(C)N(C)C(C)(C)C3)n2)cc1OC(C)C. The van der Waals surface area contributed by atoms with E-state index in [0.717, 1.165) is 18.5 Å². The monoisotopic (exact) mass is 445 g/mol. The van der Waals surface area contributed by atoms with Gasteiger partial charge in [-0.25, -0.2) is 9.37 Å². The van der Waals surface area contributed by atoms with Crippen molar-refractivity contribution < 1.29 is 13.9 Å². The molecule has 1 fully saturated rings. The van der Waals surface area contributed by atoms with E-state index in [4.69, 9.17) is 9.47 Å². The van der Waals surface area contributed by atoms with Gasteiger partial charge < -0.3 is 20.1 Å². The van der Waals surface area contributed by atoms with Crippen molar-refractivity contribution in [2.24, 2.45) is 0 Å². The predicted molar refractivity (Wildman–Crippen MR) is 127 cm³/mol. The Morgan fingerprint density at radius 3 is 2.38 bits per heavy atom. The van der Waals surface area contributed by atoms with Gasteiger partial charge in [0.2, 0.25) is 5.95 Å². The molecule has 8 heteroatoms. The summed E-state index contributed by atoms with van der Waals surface area (Å²) in [7, 11) is 3.75. The molecule has 0 radical (unpaired) electrons. The molecule has 7 nitrogen and oxygen atoms in total. The third-order valence-corrected chi connectivity index (χ3v) is 6.18. The number of ether oxygens (including phenoxy) is 2. The first-order valence-electron chi connectivity index (χ1n) is 11.1. The highest BCUT2D eigenvalue weighted by atomic mass is 19.1. The summed E-state index contributed by atoms with van der Waals surface area (Å²) in [5.74, 6) is 1.29. The maximum atomic E-state index is 14.6. The van der Waals surface area contributed by atoms with Gasteiger partial charge in [-0.2, -0.15) is 4.98 Å². The normalized spacial score (nSPS) is 18.4. The van der Waals surface area contributed by atoms with Gasteiger partial charge >= 0.3 is 0 Å². The van der Waals surface area contributed by atoms with E-state index in [9.17, 15) is 4.39 Å². The molecule has 1 aliphatic rings. The van der Waals surface area contributed by atoms with Gasteiger partial charge in [0.05, 0.1) is 19.4 Å². The minimum atomic E-state index is -0.469. The zero-order valence-corrected chi connectivity index (χ0v) is 20.4. The Kier molecular flexibility index (Phi) is 6.83. The lowest BCUT2D eigenvalue weighted by molar-refractivity contribution is -0.00778. The smallest absolute Gasteiger partial charge is 0.229 e. The van der Waals surface area contributed by atoms with Crippen molar-refractivity contribution in [1.29, 1.82) is 0 Å². The number of hydrogen-bond donors (Lipinski definition) is 2. The maximum absolute atomic E-state index is 14.6. The van der Waals surface area contributed by atoms with Crippen molar-refractivity contribution >= 4 is 17.5 Å². The highest BCUT2D eigenvalue weighted by Crippen LogP contribution is 2.38. The van der Waals surface area contributed by atoms with E-state index in [1.54, 1.807) is 7.11 Å². The number of methoxy groups -OCH3 is 1. The van der Waals surface area contributed by atoms with Gasteiger partial charge in [0.1, 0.15) is 0 Å². The first-order chi connectivity index (χ1) is 14.9. The molecule has 0 aliphatic carbocycles. The van der Waals surface area contributed by atoms with E-state index >= 15 is 0 Å². The molecule has 1 aromatic carbocycles. The third-order valence-electron chi connectivity index (χ3n) is 6.18. The number of aromatic nitrogens is 2. The van der Waals surface area contributed by atoms with Crippen LogP contribution in [0.3, 0.4) is 0 Å². The highest BCUT2D eigenvalue weighted by Gasteiger charge is 2.43. The van der Waals surface area contributed by atoms with E-state index in [-0.39, 0.29) is 29.0 Å². The number of halogens is 1. The lowest BCUT2D eigenvalue weighted by atomic mass is 9.77. The molecule has 2 heterocycles. The molecule has 3 rings (SSSR count). The van der Waals surface area contributed by atoms with Crippen molar-refractivity contribution in [3.63, 3.8) is 0 Å². The van der Waals surface area contributed by atoms with Crippen LogP contribution in [-0.4, -0.2) is 52.2 Å². The Hall–Kier alpha value is -2.61. The van der Waals surface area contributed by atoms with Gasteiger partial charge in [0, 0.05) is 28.9 Å². The summed E-state index contributed by atoms with van der Waals surface area (Å²) in [4.78, 5) is 10.9. The van der Waals surface area contributed by atoms with Crippen molar-refractivity contribution in [3.8, 4) is 11.5 Å². The second-order valence-corrected chi connectivity index (χ2v) is 9.98. The second-order valence-electron chi connectivity index (χ2n) is 9.98. The summed E-state index contributed by atoms with van der Waals surface area (Å²) in [5, 5.41) is 6.47. The molecule has 1 aromatic heterocycles. The second kappa shape index (κ2) is 9.10. The van der Waals surface area contributed by atoms with Crippen LogP contribution >= 0.6 is 0 Å². The molecule has 32 heavy (non-hydrogen) atoms. The molecule has 0 amide bonds. The van der Waals surface area contributed by atoms with Crippen LogP contribution in [-0.2, 0) is 0 Å². The Labute approximate surface area is 190 Å². The van der Waals surface area contributed by atoms with Gasteiger partial charge in [0.25, 0.3) is 0 Å². The first-order valence-corrected chi connectivity index (χ1v) is 11.1. The molecule has 0 saturated carbocycles. The Bertz CT molecular complexity index is 930. The molecule has 1 aliphatic heterocycles. The standard InChI is InChI=1S/C24H36FN5O2/c1-15(2)32-20-11-16(9-10-19(20)31-8)28-22-26-14-18(25)21(29-22)27-17-12-23(3,4)30(7)24(5,6)13-17/h9-11,14-15,17H,12-13H2,1-8H3,(H2,26,27,28,29). The van der Waals surface area contributed by atoms with Gasteiger partial charge in [-0.1, -0.05) is 0 Å². The van der Waals surface area contributed by atoms with Crippen LogP contribution in [0.2, 0.25) is 0 Å². The Morgan fingerprint density at radius 2 is 1.78 bits per heavy atom. The van der Waals surface area contributed by atoms with Crippen molar-refractivity contribution in [1.82, 2.24) is 14.9 Å². The summed E-state index contributed by atoms with van der Waals surface area (Å²) in [6.07, 6.45) is 2.96. The molecule has 2 aromatic rings. The van der Waals surface area contributed by atoms with E-state index in [1.165, 1.54) is 6.20 Å². The van der Waals surface area contributed by atoms with E-state index in [1.807, 2.05) is 32.0 Å². The van der Waals surface area contributed by atoms with Crippen LogP contribution in [0, 0.1) is 5.82 Å². The topological polar surface area (TPSA) is 71.5 Å². The summed E-state index contributed by atoms with van der Waals surface area (Å²) >= 11 is 0. The van der Waals surface area contributed by atoms with Crippen LogP contribution < -0.4 is 20.1 Å². The van der Waals surface area contributed by atoms with Crippen LogP contribution in [0.5, 0.6) is 11.5 Å². The number of benzene rings is 1. The first kappa shape index (κ1) is 24.0. The summed E-state index contributed by atoms with van der Waals surface area (Å²) < 4.78 is 25.8. The number of nitrogens with zero attached hydrogens (tertiary/aromatic N) is 3. The number of anilines is 3. The van der Waals surface area contributed by atoms with E-state index in [2.05, 4.69) is 60.2 Å². The third kappa shape index (κ3) is 5.41.